The summed E-state index contributed by atoms with van der Waals surface area (Å²) in [6.45, 7) is 4.33. The zero-order chi connectivity index (χ0) is 14.0. The molecule has 1 aromatic carbocycles. The number of carboxylic acids is 1. The number of carbonyl (C=O) groups excluding carboxylic acids is 1. The molecule has 1 aliphatic rings. The molecule has 1 heterocycles. The molecule has 0 bridgehead atoms. The van der Waals surface area contributed by atoms with E-state index in [0.29, 0.717) is 18.7 Å². The maximum atomic E-state index is 12.2. The van der Waals surface area contributed by atoms with Gasteiger partial charge in [0.2, 0.25) is 0 Å². The highest BCUT2D eigenvalue weighted by Gasteiger charge is 2.34. The average molecular weight is 263 g/mol. The maximum absolute atomic E-state index is 12.2. The minimum absolute atomic E-state index is 0.000691. The van der Waals surface area contributed by atoms with Gasteiger partial charge in [-0.3, -0.25) is 4.79 Å². The third kappa shape index (κ3) is 2.93. The van der Waals surface area contributed by atoms with Crippen LogP contribution in [0.4, 0.5) is 5.69 Å². The van der Waals surface area contributed by atoms with Crippen molar-refractivity contribution in [2.45, 2.75) is 32.5 Å². The number of benzene rings is 1. The topological polar surface area (TPSA) is 66.8 Å². The molecule has 2 rings (SSSR count). The molecule has 0 aromatic heterocycles. The highest BCUT2D eigenvalue weighted by Crippen LogP contribution is 2.24. The van der Waals surface area contributed by atoms with E-state index in [1.165, 1.54) is 12.1 Å². The van der Waals surface area contributed by atoms with Crippen molar-refractivity contribution >= 4 is 17.6 Å². The summed E-state index contributed by atoms with van der Waals surface area (Å²) in [6, 6.07) is 6.40. The van der Waals surface area contributed by atoms with Crippen molar-refractivity contribution in [1.29, 1.82) is 0 Å². The van der Waals surface area contributed by atoms with Crippen molar-refractivity contribution in [3.05, 3.63) is 29.8 Å². The van der Waals surface area contributed by atoms with Crippen LogP contribution in [0.25, 0.3) is 0 Å². The Morgan fingerprint density at radius 2 is 2.21 bits per heavy atom. The van der Waals surface area contributed by atoms with Crippen LogP contribution in [0, 0.1) is 0 Å². The summed E-state index contributed by atoms with van der Waals surface area (Å²) < 4.78 is 5.55. The summed E-state index contributed by atoms with van der Waals surface area (Å²) in [5, 5.41) is 8.96. The molecule has 0 saturated carbocycles. The van der Waals surface area contributed by atoms with Crippen LogP contribution in [0.2, 0.25) is 0 Å². The van der Waals surface area contributed by atoms with Gasteiger partial charge in [-0.1, -0.05) is 6.07 Å². The van der Waals surface area contributed by atoms with Gasteiger partial charge in [-0.2, -0.15) is 0 Å². The molecular weight excluding hydrogens is 246 g/mol. The number of carbonyl (C=O) groups is 2. The van der Waals surface area contributed by atoms with Crippen LogP contribution in [0.3, 0.4) is 0 Å². The molecule has 5 heteroatoms. The highest BCUT2D eigenvalue weighted by molar-refractivity contribution is 6.00. The first-order valence-electron chi connectivity index (χ1n) is 6.29. The summed E-state index contributed by atoms with van der Waals surface area (Å²) in [5.41, 5.74) is 0.790. The molecule has 102 valence electrons. The number of hydrogen-bond donors (Lipinski definition) is 1. The number of ether oxygens (including phenoxy) is 1. The van der Waals surface area contributed by atoms with E-state index in [1.54, 1.807) is 17.0 Å². The highest BCUT2D eigenvalue weighted by atomic mass is 16.5. The van der Waals surface area contributed by atoms with Gasteiger partial charge in [0.05, 0.1) is 11.7 Å². The van der Waals surface area contributed by atoms with Crippen LogP contribution in [-0.4, -0.2) is 35.7 Å². The SMILES string of the molecule is CC(C)OC1CCN(c2cccc(C(=O)O)c2)C1=O. The molecule has 1 unspecified atom stereocenters. The van der Waals surface area contributed by atoms with E-state index in [-0.39, 0.29) is 17.6 Å². The molecule has 5 nitrogen and oxygen atoms in total. The first kappa shape index (κ1) is 13.5. The Morgan fingerprint density at radius 3 is 2.84 bits per heavy atom. The van der Waals surface area contributed by atoms with E-state index in [9.17, 15) is 9.59 Å². The molecule has 1 atom stereocenters. The van der Waals surface area contributed by atoms with Gasteiger partial charge in [-0.25, -0.2) is 4.79 Å². The Bertz CT molecular complexity index is 498. The molecule has 1 saturated heterocycles. The van der Waals surface area contributed by atoms with Gasteiger partial charge in [0.25, 0.3) is 5.91 Å². The largest absolute Gasteiger partial charge is 0.478 e. The van der Waals surface area contributed by atoms with Crippen molar-refractivity contribution in [1.82, 2.24) is 0 Å². The molecule has 1 aromatic rings. The molecule has 0 radical (unpaired) electrons. The predicted molar refractivity (Wildman–Crippen MR) is 70.4 cm³/mol. The maximum Gasteiger partial charge on any atom is 0.335 e. The fourth-order valence-corrected chi connectivity index (χ4v) is 2.17. The van der Waals surface area contributed by atoms with Gasteiger partial charge in [0.1, 0.15) is 6.10 Å². The molecule has 1 N–H and O–H groups in total. The molecule has 0 aliphatic carbocycles. The van der Waals surface area contributed by atoms with Crippen LogP contribution in [-0.2, 0) is 9.53 Å². The molecule has 1 aliphatic heterocycles. The van der Waals surface area contributed by atoms with Gasteiger partial charge in [0.15, 0.2) is 0 Å². The van der Waals surface area contributed by atoms with E-state index in [4.69, 9.17) is 9.84 Å². The fraction of sp³-hybridized carbons (Fsp3) is 0.429. The van der Waals surface area contributed by atoms with Crippen LogP contribution in [0.15, 0.2) is 24.3 Å². The number of amides is 1. The lowest BCUT2D eigenvalue weighted by Crippen LogP contribution is -2.32. The Labute approximate surface area is 111 Å². The average Bonchev–Trinajstić information content (AvgIpc) is 2.70. The van der Waals surface area contributed by atoms with Crippen molar-refractivity contribution in [2.75, 3.05) is 11.4 Å². The summed E-state index contributed by atoms with van der Waals surface area (Å²) in [6.07, 6.45) is 0.210. The Balaban J connectivity index is 2.17. The second-order valence-electron chi connectivity index (χ2n) is 4.81. The fourth-order valence-electron chi connectivity index (χ4n) is 2.17. The van der Waals surface area contributed by atoms with Crippen LogP contribution in [0.1, 0.15) is 30.6 Å². The first-order valence-corrected chi connectivity index (χ1v) is 6.29. The molecule has 0 spiro atoms. The van der Waals surface area contributed by atoms with Gasteiger partial charge in [0, 0.05) is 18.7 Å². The lowest BCUT2D eigenvalue weighted by atomic mass is 10.2. The Hall–Kier alpha value is -1.88. The predicted octanol–water partition coefficient (Wildman–Crippen LogP) is 1.92. The second kappa shape index (κ2) is 5.40. The van der Waals surface area contributed by atoms with E-state index >= 15 is 0 Å². The molecular formula is C14H17NO4. The van der Waals surface area contributed by atoms with E-state index in [1.807, 2.05) is 13.8 Å². The Morgan fingerprint density at radius 1 is 1.47 bits per heavy atom. The number of anilines is 1. The van der Waals surface area contributed by atoms with Gasteiger partial charge in [-0.05, 0) is 32.0 Å². The van der Waals surface area contributed by atoms with Crippen molar-refractivity contribution < 1.29 is 19.4 Å². The number of rotatable bonds is 4. The van der Waals surface area contributed by atoms with Gasteiger partial charge in [-0.15, -0.1) is 0 Å². The number of aromatic carboxylic acids is 1. The number of nitrogens with zero attached hydrogens (tertiary/aromatic N) is 1. The van der Waals surface area contributed by atoms with Crippen LogP contribution >= 0.6 is 0 Å². The first-order chi connectivity index (χ1) is 8.99. The van der Waals surface area contributed by atoms with Crippen LogP contribution < -0.4 is 4.90 Å². The molecule has 1 amide bonds. The lowest BCUT2D eigenvalue weighted by molar-refractivity contribution is -0.129. The summed E-state index contributed by atoms with van der Waals surface area (Å²) >= 11 is 0. The van der Waals surface area contributed by atoms with E-state index in [0.717, 1.165) is 0 Å². The molecule has 1 fully saturated rings. The normalized spacial score (nSPS) is 19.2. The summed E-state index contributed by atoms with van der Waals surface area (Å²) in [7, 11) is 0. The third-order valence-electron chi connectivity index (χ3n) is 3.00. The monoisotopic (exact) mass is 263 g/mol. The summed E-state index contributed by atoms with van der Waals surface area (Å²) in [4.78, 5) is 24.7. The lowest BCUT2D eigenvalue weighted by Gasteiger charge is -2.18. The van der Waals surface area contributed by atoms with Gasteiger partial charge >= 0.3 is 5.97 Å². The van der Waals surface area contributed by atoms with Gasteiger partial charge < -0.3 is 14.7 Å². The smallest absolute Gasteiger partial charge is 0.335 e. The molecule has 19 heavy (non-hydrogen) atoms. The van der Waals surface area contributed by atoms with E-state index < -0.39 is 12.1 Å². The van der Waals surface area contributed by atoms with Crippen molar-refractivity contribution in [3.63, 3.8) is 0 Å². The standard InChI is InChI=1S/C14H17NO4/c1-9(2)19-12-6-7-15(13(12)16)11-5-3-4-10(8-11)14(17)18/h3-5,8-9,12H,6-7H2,1-2H3,(H,17,18). The summed E-state index contributed by atoms with van der Waals surface area (Å²) in [5.74, 6) is -1.10. The van der Waals surface area contributed by atoms with E-state index in [2.05, 4.69) is 0 Å². The number of hydrogen-bond acceptors (Lipinski definition) is 3. The third-order valence-corrected chi connectivity index (χ3v) is 3.00. The zero-order valence-corrected chi connectivity index (χ0v) is 11.0. The second-order valence-corrected chi connectivity index (χ2v) is 4.81. The zero-order valence-electron chi connectivity index (χ0n) is 11.0. The minimum Gasteiger partial charge on any atom is -0.478 e. The quantitative estimate of drug-likeness (QED) is 0.901. The number of carboxylic acid groups (broad SMARTS) is 1. The van der Waals surface area contributed by atoms with Crippen molar-refractivity contribution in [2.24, 2.45) is 0 Å². The Kier molecular flexibility index (Phi) is 3.85. The van der Waals surface area contributed by atoms with Crippen LogP contribution in [0.5, 0.6) is 0 Å². The van der Waals surface area contributed by atoms with Crippen molar-refractivity contribution in [3.8, 4) is 0 Å². The minimum atomic E-state index is -0.997.